The van der Waals surface area contributed by atoms with Crippen LogP contribution in [-0.4, -0.2) is 32.4 Å². The molecule has 76 valence electrons. The zero-order valence-electron chi connectivity index (χ0n) is 7.30. The van der Waals surface area contributed by atoms with Crippen LogP contribution in [0.4, 0.5) is 5.95 Å². The maximum Gasteiger partial charge on any atom is 0.332 e. The molecule has 0 aliphatic carbocycles. The first-order chi connectivity index (χ1) is 6.66. The maximum absolute atomic E-state index is 10.6. The van der Waals surface area contributed by atoms with Crippen LogP contribution >= 0.6 is 0 Å². The molecule has 0 saturated carbocycles. The molecule has 1 aromatic heterocycles. The molecule has 0 bridgehead atoms. The lowest BCUT2D eigenvalue weighted by Gasteiger charge is -2.06. The van der Waals surface area contributed by atoms with Crippen LogP contribution in [0.25, 0.3) is 0 Å². The van der Waals surface area contributed by atoms with Gasteiger partial charge < -0.3 is 15.6 Å². The van der Waals surface area contributed by atoms with E-state index in [4.69, 9.17) is 15.6 Å². The minimum Gasteiger partial charge on any atom is -0.479 e. The Bertz CT molecular complexity index is 350. The first-order valence-corrected chi connectivity index (χ1v) is 4.23. The highest BCUT2D eigenvalue weighted by Gasteiger charge is 2.33. The molecule has 0 spiro atoms. The van der Waals surface area contributed by atoms with Gasteiger partial charge in [-0.3, -0.25) is 5.10 Å². The molecule has 1 aliphatic rings. The number of carboxylic acids is 1. The fourth-order valence-corrected chi connectivity index (χ4v) is 1.45. The summed E-state index contributed by atoms with van der Waals surface area (Å²) in [5.74, 6) is -0.311. The van der Waals surface area contributed by atoms with E-state index in [1.54, 1.807) is 0 Å². The lowest BCUT2D eigenvalue weighted by Crippen LogP contribution is -2.18. The first-order valence-electron chi connectivity index (χ1n) is 4.23. The Hall–Kier alpha value is -1.63. The molecule has 0 radical (unpaired) electrons. The Morgan fingerprint density at radius 3 is 2.93 bits per heavy atom. The van der Waals surface area contributed by atoms with Gasteiger partial charge in [-0.25, -0.2) is 4.79 Å². The van der Waals surface area contributed by atoms with Gasteiger partial charge in [-0.05, 0) is 12.8 Å². The van der Waals surface area contributed by atoms with E-state index in [2.05, 4.69) is 15.2 Å². The molecule has 1 aliphatic heterocycles. The fourth-order valence-electron chi connectivity index (χ4n) is 1.45. The monoisotopic (exact) mass is 198 g/mol. The van der Waals surface area contributed by atoms with E-state index in [1.807, 2.05) is 0 Å². The maximum atomic E-state index is 10.6. The summed E-state index contributed by atoms with van der Waals surface area (Å²) in [7, 11) is 0. The number of nitrogens with one attached hydrogen (secondary N) is 1. The summed E-state index contributed by atoms with van der Waals surface area (Å²) in [5, 5.41) is 14.9. The summed E-state index contributed by atoms with van der Waals surface area (Å²) >= 11 is 0. The van der Waals surface area contributed by atoms with Crippen LogP contribution in [0.3, 0.4) is 0 Å². The van der Waals surface area contributed by atoms with E-state index in [0.717, 1.165) is 0 Å². The van der Waals surface area contributed by atoms with Crippen molar-refractivity contribution in [2.45, 2.75) is 25.0 Å². The number of carboxylic acid groups (broad SMARTS) is 1. The van der Waals surface area contributed by atoms with Gasteiger partial charge in [0.1, 0.15) is 6.10 Å². The van der Waals surface area contributed by atoms with Crippen LogP contribution in [0.15, 0.2) is 0 Å². The number of aliphatic carboxylic acids is 1. The van der Waals surface area contributed by atoms with E-state index < -0.39 is 12.1 Å². The van der Waals surface area contributed by atoms with Crippen LogP contribution in [0.1, 0.15) is 24.8 Å². The molecule has 7 nitrogen and oxygen atoms in total. The van der Waals surface area contributed by atoms with Gasteiger partial charge in [-0.2, -0.15) is 4.98 Å². The number of H-pyrrole nitrogens is 1. The van der Waals surface area contributed by atoms with Gasteiger partial charge in [0.2, 0.25) is 5.95 Å². The van der Waals surface area contributed by atoms with Gasteiger partial charge >= 0.3 is 5.97 Å². The van der Waals surface area contributed by atoms with E-state index in [-0.39, 0.29) is 12.1 Å². The molecule has 1 saturated heterocycles. The van der Waals surface area contributed by atoms with Crippen molar-refractivity contribution in [3.63, 3.8) is 0 Å². The van der Waals surface area contributed by atoms with Crippen molar-refractivity contribution < 1.29 is 14.6 Å². The van der Waals surface area contributed by atoms with Gasteiger partial charge in [0.05, 0.1) is 0 Å². The van der Waals surface area contributed by atoms with Crippen LogP contribution in [0, 0.1) is 0 Å². The summed E-state index contributed by atoms with van der Waals surface area (Å²) in [5.41, 5.74) is 5.32. The molecule has 2 unspecified atom stereocenters. The van der Waals surface area contributed by atoms with Crippen molar-refractivity contribution in [3.05, 3.63) is 5.82 Å². The smallest absolute Gasteiger partial charge is 0.332 e. The lowest BCUT2D eigenvalue weighted by molar-refractivity contribution is -0.149. The molecule has 2 heterocycles. The van der Waals surface area contributed by atoms with E-state index >= 15 is 0 Å². The summed E-state index contributed by atoms with van der Waals surface area (Å²) in [6, 6.07) is 0. The third-order valence-corrected chi connectivity index (χ3v) is 2.12. The van der Waals surface area contributed by atoms with Crippen LogP contribution in [-0.2, 0) is 9.53 Å². The Kier molecular flexibility index (Phi) is 2.08. The second-order valence-corrected chi connectivity index (χ2v) is 3.11. The number of hydrogen-bond donors (Lipinski definition) is 3. The molecule has 1 aromatic rings. The molecule has 1 fully saturated rings. The number of aromatic nitrogens is 3. The highest BCUT2D eigenvalue weighted by atomic mass is 16.5. The standard InChI is InChI=1S/C7H10N4O3/c8-7-9-5(10-11-7)3-1-2-4(14-3)6(12)13/h3-4H,1-2H2,(H,12,13)(H3,8,9,10,11). The van der Waals surface area contributed by atoms with Gasteiger partial charge in [0.25, 0.3) is 0 Å². The fraction of sp³-hybridized carbons (Fsp3) is 0.571. The minimum absolute atomic E-state index is 0.141. The molecule has 0 amide bonds. The number of aromatic amines is 1. The third-order valence-electron chi connectivity index (χ3n) is 2.12. The third kappa shape index (κ3) is 1.53. The largest absolute Gasteiger partial charge is 0.479 e. The zero-order valence-corrected chi connectivity index (χ0v) is 7.30. The predicted molar refractivity (Wildman–Crippen MR) is 45.3 cm³/mol. The van der Waals surface area contributed by atoms with E-state index in [0.29, 0.717) is 18.7 Å². The van der Waals surface area contributed by atoms with Crippen molar-refractivity contribution in [2.75, 3.05) is 5.73 Å². The van der Waals surface area contributed by atoms with Crippen molar-refractivity contribution >= 4 is 11.9 Å². The highest BCUT2D eigenvalue weighted by molar-refractivity contribution is 5.72. The number of nitrogens with zero attached hydrogens (tertiary/aromatic N) is 2. The Balaban J connectivity index is 2.05. The number of hydrogen-bond acceptors (Lipinski definition) is 5. The van der Waals surface area contributed by atoms with E-state index in [9.17, 15) is 4.79 Å². The van der Waals surface area contributed by atoms with Crippen molar-refractivity contribution in [1.29, 1.82) is 0 Å². The summed E-state index contributed by atoms with van der Waals surface area (Å²) in [6.45, 7) is 0. The van der Waals surface area contributed by atoms with Gasteiger partial charge in [0.15, 0.2) is 11.9 Å². The molecule has 2 atom stereocenters. The normalized spacial score (nSPS) is 26.6. The molecule has 14 heavy (non-hydrogen) atoms. The van der Waals surface area contributed by atoms with Crippen molar-refractivity contribution in [3.8, 4) is 0 Å². The number of nitrogens with two attached hydrogens (primary N) is 1. The minimum atomic E-state index is -0.944. The predicted octanol–water partition coefficient (Wildman–Crippen LogP) is -0.308. The number of ether oxygens (including phenoxy) is 1. The Morgan fingerprint density at radius 1 is 1.64 bits per heavy atom. The lowest BCUT2D eigenvalue weighted by atomic mass is 10.2. The molecule has 4 N–H and O–H groups in total. The number of carbonyl (C=O) groups is 1. The molecular formula is C7H10N4O3. The quantitative estimate of drug-likeness (QED) is 0.600. The highest BCUT2D eigenvalue weighted by Crippen LogP contribution is 2.30. The second-order valence-electron chi connectivity index (χ2n) is 3.11. The first kappa shape index (κ1) is 8.95. The number of nitrogen functional groups attached to an aromatic ring is 1. The topological polar surface area (TPSA) is 114 Å². The van der Waals surface area contributed by atoms with Crippen molar-refractivity contribution in [1.82, 2.24) is 15.2 Å². The molecule has 0 aromatic carbocycles. The van der Waals surface area contributed by atoms with Gasteiger partial charge in [-0.1, -0.05) is 0 Å². The Labute approximate surface area is 79.3 Å². The summed E-state index contributed by atoms with van der Waals surface area (Å²) in [4.78, 5) is 14.5. The van der Waals surface area contributed by atoms with Crippen LogP contribution in [0.2, 0.25) is 0 Å². The number of anilines is 1. The van der Waals surface area contributed by atoms with Gasteiger partial charge in [0, 0.05) is 0 Å². The van der Waals surface area contributed by atoms with Crippen LogP contribution < -0.4 is 5.73 Å². The molecule has 7 heteroatoms. The average molecular weight is 198 g/mol. The van der Waals surface area contributed by atoms with Crippen LogP contribution in [0.5, 0.6) is 0 Å². The summed E-state index contributed by atoms with van der Waals surface area (Å²) in [6.07, 6.45) is 0.0267. The van der Waals surface area contributed by atoms with Gasteiger partial charge in [-0.15, -0.1) is 5.10 Å². The van der Waals surface area contributed by atoms with E-state index in [1.165, 1.54) is 0 Å². The molecular weight excluding hydrogens is 188 g/mol. The van der Waals surface area contributed by atoms with Crippen molar-refractivity contribution in [2.24, 2.45) is 0 Å². The Morgan fingerprint density at radius 2 is 2.43 bits per heavy atom. The SMILES string of the molecule is Nc1n[nH]c(C2CCC(C(=O)O)O2)n1. The molecule has 2 rings (SSSR count). The zero-order chi connectivity index (χ0) is 10.1. The average Bonchev–Trinajstić information content (AvgIpc) is 2.70. The second kappa shape index (κ2) is 3.26. The summed E-state index contributed by atoms with van der Waals surface area (Å²) < 4.78 is 5.23. The number of rotatable bonds is 2.